The van der Waals surface area contributed by atoms with Gasteiger partial charge in [-0.15, -0.1) is 0 Å². The Morgan fingerprint density at radius 1 is 1.58 bits per heavy atom. The summed E-state index contributed by atoms with van der Waals surface area (Å²) < 4.78 is 23.5. The van der Waals surface area contributed by atoms with Crippen molar-refractivity contribution in [2.45, 2.75) is 24.4 Å². The van der Waals surface area contributed by atoms with Crippen molar-refractivity contribution >= 4 is 19.7 Å². The molecule has 6 heteroatoms. The first kappa shape index (κ1) is 8.07. The maximum absolute atomic E-state index is 10.8. The van der Waals surface area contributed by atoms with Gasteiger partial charge in [0.2, 0.25) is 0 Å². The largest absolute Gasteiger partial charge is 0.333 e. The van der Waals surface area contributed by atoms with Gasteiger partial charge >= 0.3 is 0 Å². The van der Waals surface area contributed by atoms with Crippen LogP contribution in [0.5, 0.6) is 0 Å². The first-order valence-electron chi connectivity index (χ1n) is 3.58. The highest BCUT2D eigenvalue weighted by atomic mass is 35.7. The van der Waals surface area contributed by atoms with Crippen LogP contribution in [0.1, 0.15) is 12.2 Å². The van der Waals surface area contributed by atoms with Gasteiger partial charge in [0.05, 0.1) is 0 Å². The van der Waals surface area contributed by atoms with E-state index in [4.69, 9.17) is 10.7 Å². The van der Waals surface area contributed by atoms with E-state index in [2.05, 4.69) is 4.98 Å². The topological polar surface area (TPSA) is 52.0 Å². The Bertz CT molecular complexity index is 388. The molecule has 2 heterocycles. The van der Waals surface area contributed by atoms with Gasteiger partial charge in [-0.05, 0) is 6.42 Å². The zero-order valence-electron chi connectivity index (χ0n) is 6.20. The van der Waals surface area contributed by atoms with E-state index in [-0.39, 0.29) is 5.03 Å². The summed E-state index contributed by atoms with van der Waals surface area (Å²) in [5.41, 5.74) is 0. The molecule has 2 rings (SSSR count). The minimum Gasteiger partial charge on any atom is -0.333 e. The lowest BCUT2D eigenvalue weighted by Crippen LogP contribution is -1.91. The summed E-state index contributed by atoms with van der Waals surface area (Å²) in [6.45, 7) is 0.842. The molecule has 1 aromatic rings. The molecule has 0 bridgehead atoms. The highest BCUT2D eigenvalue weighted by molar-refractivity contribution is 8.13. The van der Waals surface area contributed by atoms with Crippen LogP contribution in [-0.4, -0.2) is 18.0 Å². The lowest BCUT2D eigenvalue weighted by molar-refractivity contribution is 0.605. The van der Waals surface area contributed by atoms with E-state index in [0.717, 1.165) is 25.2 Å². The summed E-state index contributed by atoms with van der Waals surface area (Å²) in [5, 5.41) is -0.0288. The summed E-state index contributed by atoms with van der Waals surface area (Å²) in [4.78, 5) is 3.91. The number of fused-ring (bicyclic) bond motifs is 1. The monoisotopic (exact) mass is 206 g/mol. The number of halogens is 1. The lowest BCUT2D eigenvalue weighted by atomic mass is 10.4. The standard InChI is InChI=1S/C6H7ClN2O2S/c7-12(10,11)6-4-9-3-1-2-5(9)8-6/h4H,1-3H2. The van der Waals surface area contributed by atoms with Gasteiger partial charge in [-0.2, -0.15) is 0 Å². The summed E-state index contributed by atoms with van der Waals surface area (Å²) in [5.74, 6) is 0.814. The SMILES string of the molecule is O=S(=O)(Cl)c1cn2c(n1)CCC2. The van der Waals surface area contributed by atoms with E-state index in [0.29, 0.717) is 0 Å². The van der Waals surface area contributed by atoms with Crippen molar-refractivity contribution in [2.75, 3.05) is 0 Å². The maximum Gasteiger partial charge on any atom is 0.280 e. The molecule has 1 aliphatic rings. The van der Waals surface area contributed by atoms with Crippen molar-refractivity contribution in [3.8, 4) is 0 Å². The van der Waals surface area contributed by atoms with Crippen molar-refractivity contribution in [1.29, 1.82) is 0 Å². The van der Waals surface area contributed by atoms with Gasteiger partial charge in [0, 0.05) is 29.8 Å². The Morgan fingerprint density at radius 3 is 2.92 bits per heavy atom. The molecule has 1 aliphatic heterocycles. The zero-order valence-corrected chi connectivity index (χ0v) is 7.77. The Labute approximate surface area is 74.6 Å². The van der Waals surface area contributed by atoms with Crippen LogP contribution in [0.25, 0.3) is 0 Å². The van der Waals surface area contributed by atoms with Crippen molar-refractivity contribution in [2.24, 2.45) is 0 Å². The third-order valence-corrected chi connectivity index (χ3v) is 3.06. The second-order valence-electron chi connectivity index (χ2n) is 2.73. The number of aryl methyl sites for hydroxylation is 2. The first-order chi connectivity index (χ1) is 5.57. The predicted molar refractivity (Wildman–Crippen MR) is 43.6 cm³/mol. The van der Waals surface area contributed by atoms with E-state index in [1.165, 1.54) is 6.20 Å². The zero-order chi connectivity index (χ0) is 8.77. The number of nitrogens with zero attached hydrogens (tertiary/aromatic N) is 2. The number of hydrogen-bond acceptors (Lipinski definition) is 3. The fourth-order valence-corrected chi connectivity index (χ4v) is 2.04. The number of hydrogen-bond donors (Lipinski definition) is 0. The van der Waals surface area contributed by atoms with E-state index in [1.807, 2.05) is 4.57 Å². The average Bonchev–Trinajstić information content (AvgIpc) is 2.37. The Balaban J connectivity index is 2.51. The second-order valence-corrected chi connectivity index (χ2v) is 5.24. The smallest absolute Gasteiger partial charge is 0.280 e. The number of rotatable bonds is 1. The van der Waals surface area contributed by atoms with Crippen molar-refractivity contribution in [3.63, 3.8) is 0 Å². The van der Waals surface area contributed by atoms with Crippen LogP contribution in [0, 0.1) is 0 Å². The minimum atomic E-state index is -3.64. The highest BCUT2D eigenvalue weighted by Crippen LogP contribution is 2.19. The van der Waals surface area contributed by atoms with E-state index in [1.54, 1.807) is 0 Å². The Hall–Kier alpha value is -0.550. The predicted octanol–water partition coefficient (Wildman–Crippen LogP) is 0.757. The van der Waals surface area contributed by atoms with E-state index in [9.17, 15) is 8.42 Å². The molecule has 0 fully saturated rings. The molecule has 0 saturated carbocycles. The van der Waals surface area contributed by atoms with Crippen molar-refractivity contribution in [3.05, 3.63) is 12.0 Å². The molecule has 12 heavy (non-hydrogen) atoms. The first-order valence-corrected chi connectivity index (χ1v) is 5.89. The van der Waals surface area contributed by atoms with Crippen LogP contribution < -0.4 is 0 Å². The highest BCUT2D eigenvalue weighted by Gasteiger charge is 2.20. The summed E-state index contributed by atoms with van der Waals surface area (Å²) in [6, 6.07) is 0. The van der Waals surface area contributed by atoms with Crippen LogP contribution in [0.2, 0.25) is 0 Å². The number of aromatic nitrogens is 2. The molecule has 0 N–H and O–H groups in total. The van der Waals surface area contributed by atoms with Crippen LogP contribution in [0.15, 0.2) is 11.2 Å². The molecule has 1 aromatic heterocycles. The minimum absolute atomic E-state index is 0.0288. The van der Waals surface area contributed by atoms with E-state index < -0.39 is 9.05 Å². The quantitative estimate of drug-likeness (QED) is 0.638. The van der Waals surface area contributed by atoms with Crippen molar-refractivity contribution in [1.82, 2.24) is 9.55 Å². The molecule has 0 spiro atoms. The fraction of sp³-hybridized carbons (Fsp3) is 0.500. The molecule has 0 radical (unpaired) electrons. The van der Waals surface area contributed by atoms with Gasteiger partial charge in [0.1, 0.15) is 5.82 Å². The van der Waals surface area contributed by atoms with Gasteiger partial charge in [0.25, 0.3) is 9.05 Å². The Kier molecular flexibility index (Phi) is 1.66. The van der Waals surface area contributed by atoms with Crippen LogP contribution >= 0.6 is 10.7 Å². The van der Waals surface area contributed by atoms with Crippen LogP contribution in [-0.2, 0) is 22.0 Å². The van der Waals surface area contributed by atoms with Gasteiger partial charge in [-0.3, -0.25) is 0 Å². The third-order valence-electron chi connectivity index (χ3n) is 1.89. The third kappa shape index (κ3) is 1.23. The summed E-state index contributed by atoms with van der Waals surface area (Å²) >= 11 is 0. The molecule has 4 nitrogen and oxygen atoms in total. The molecule has 0 unspecified atom stereocenters. The molecule has 0 aromatic carbocycles. The molecule has 0 saturated heterocycles. The molecule has 0 atom stereocenters. The molecular formula is C6H7ClN2O2S. The van der Waals surface area contributed by atoms with Gasteiger partial charge in [0.15, 0.2) is 5.03 Å². The van der Waals surface area contributed by atoms with Crippen LogP contribution in [0.4, 0.5) is 0 Å². The van der Waals surface area contributed by atoms with Gasteiger partial charge < -0.3 is 4.57 Å². The average molecular weight is 207 g/mol. The second kappa shape index (κ2) is 2.47. The lowest BCUT2D eigenvalue weighted by Gasteiger charge is -1.89. The molecule has 66 valence electrons. The van der Waals surface area contributed by atoms with Crippen molar-refractivity contribution < 1.29 is 8.42 Å². The number of imidazole rings is 1. The summed E-state index contributed by atoms with van der Waals surface area (Å²) in [6.07, 6.45) is 3.36. The normalized spacial score (nSPS) is 16.4. The van der Waals surface area contributed by atoms with E-state index >= 15 is 0 Å². The molecule has 0 amide bonds. The maximum atomic E-state index is 10.8. The van der Waals surface area contributed by atoms with Gasteiger partial charge in [-0.1, -0.05) is 0 Å². The fourth-order valence-electron chi connectivity index (χ4n) is 1.35. The summed E-state index contributed by atoms with van der Waals surface area (Å²) in [7, 11) is 1.48. The van der Waals surface area contributed by atoms with Crippen LogP contribution in [0.3, 0.4) is 0 Å². The van der Waals surface area contributed by atoms with Gasteiger partial charge in [-0.25, -0.2) is 13.4 Å². The molecule has 0 aliphatic carbocycles. The Morgan fingerprint density at radius 2 is 2.33 bits per heavy atom. The molecular weight excluding hydrogens is 200 g/mol.